The number of nitrogens with zero attached hydrogens (tertiary/aromatic N) is 2. The molecule has 0 saturated carbocycles. The van der Waals surface area contributed by atoms with Crippen LogP contribution < -0.4 is 16.6 Å². The second kappa shape index (κ2) is 8.54. The molecule has 0 saturated heterocycles. The van der Waals surface area contributed by atoms with Crippen molar-refractivity contribution in [1.29, 1.82) is 0 Å². The van der Waals surface area contributed by atoms with Crippen LogP contribution in [0.2, 0.25) is 5.02 Å². The van der Waals surface area contributed by atoms with E-state index in [9.17, 15) is 14.4 Å². The minimum atomic E-state index is -0.444. The fraction of sp³-hybridized carbons (Fsp3) is 0.316. The number of carbonyl (C=O) groups excluding carboxylic acids is 1. The smallest absolute Gasteiger partial charge is 0.332 e. The summed E-state index contributed by atoms with van der Waals surface area (Å²) in [6, 6.07) is 8.88. The fourth-order valence-corrected chi connectivity index (χ4v) is 3.77. The highest BCUT2D eigenvalue weighted by Crippen LogP contribution is 2.15. The van der Waals surface area contributed by atoms with Crippen molar-refractivity contribution >= 4 is 39.1 Å². The molecule has 27 heavy (non-hydrogen) atoms. The highest BCUT2D eigenvalue weighted by atomic mass is 35.5. The first-order valence-corrected chi connectivity index (χ1v) is 9.99. The summed E-state index contributed by atoms with van der Waals surface area (Å²) in [5.41, 5.74) is 0.690. The largest absolute Gasteiger partial charge is 0.350 e. The molecule has 0 fully saturated rings. The van der Waals surface area contributed by atoms with Gasteiger partial charge >= 0.3 is 5.69 Å². The number of carbonyl (C=O) groups is 1. The predicted molar refractivity (Wildman–Crippen MR) is 109 cm³/mol. The number of amides is 1. The van der Waals surface area contributed by atoms with Gasteiger partial charge in [-0.05, 0) is 35.6 Å². The summed E-state index contributed by atoms with van der Waals surface area (Å²) < 4.78 is 3.10. The molecule has 0 atom stereocenters. The third kappa shape index (κ3) is 4.31. The van der Waals surface area contributed by atoms with Crippen molar-refractivity contribution in [3.05, 3.63) is 67.1 Å². The molecule has 0 aliphatic rings. The molecule has 0 unspecified atom stereocenters. The molecule has 0 aliphatic heterocycles. The number of halogens is 1. The molecule has 2 aromatic heterocycles. The highest BCUT2D eigenvalue weighted by Gasteiger charge is 2.16. The first-order chi connectivity index (χ1) is 13.0. The van der Waals surface area contributed by atoms with Gasteiger partial charge in [0.05, 0.1) is 5.52 Å². The van der Waals surface area contributed by atoms with E-state index in [-0.39, 0.29) is 18.0 Å². The molecule has 2 heterocycles. The second-order valence-corrected chi connectivity index (χ2v) is 7.57. The topological polar surface area (TPSA) is 73.1 Å². The number of aromatic nitrogens is 2. The molecule has 8 heteroatoms. The Morgan fingerprint density at radius 2 is 1.89 bits per heavy atom. The van der Waals surface area contributed by atoms with Crippen LogP contribution in [-0.4, -0.2) is 15.0 Å². The summed E-state index contributed by atoms with van der Waals surface area (Å²) in [7, 11) is 0. The van der Waals surface area contributed by atoms with Crippen molar-refractivity contribution in [3.63, 3.8) is 0 Å². The van der Waals surface area contributed by atoms with E-state index < -0.39 is 5.69 Å². The summed E-state index contributed by atoms with van der Waals surface area (Å²) in [6.07, 6.45) is 1.60. The first-order valence-electron chi connectivity index (χ1n) is 8.73. The third-order valence-electron chi connectivity index (χ3n) is 4.28. The molecule has 3 rings (SSSR count). The zero-order valence-electron chi connectivity index (χ0n) is 14.9. The number of rotatable bonds is 7. The summed E-state index contributed by atoms with van der Waals surface area (Å²) in [4.78, 5) is 37.7. The molecule has 1 amide bonds. The van der Waals surface area contributed by atoms with Crippen LogP contribution in [0.25, 0.3) is 10.2 Å². The van der Waals surface area contributed by atoms with Crippen molar-refractivity contribution in [1.82, 2.24) is 14.5 Å². The summed E-state index contributed by atoms with van der Waals surface area (Å²) >= 11 is 7.14. The Hall–Kier alpha value is -2.38. The third-order valence-corrected chi connectivity index (χ3v) is 5.42. The van der Waals surface area contributed by atoms with Crippen LogP contribution in [0.5, 0.6) is 0 Å². The molecular formula is C19H20ClN3O3S. The molecule has 142 valence electrons. The van der Waals surface area contributed by atoms with Gasteiger partial charge < -0.3 is 5.32 Å². The molecule has 0 aliphatic carbocycles. The van der Waals surface area contributed by atoms with Gasteiger partial charge in [-0.1, -0.05) is 37.1 Å². The normalized spacial score (nSPS) is 11.0. The number of thiophene rings is 1. The average Bonchev–Trinajstić information content (AvgIpc) is 3.14. The molecule has 3 aromatic rings. The molecule has 1 aromatic carbocycles. The number of hydrogen-bond acceptors (Lipinski definition) is 4. The van der Waals surface area contributed by atoms with Crippen LogP contribution in [-0.2, 0) is 24.4 Å². The van der Waals surface area contributed by atoms with Crippen molar-refractivity contribution in [2.75, 3.05) is 0 Å². The van der Waals surface area contributed by atoms with Gasteiger partial charge in [0.2, 0.25) is 5.91 Å². The lowest BCUT2D eigenvalue weighted by Gasteiger charge is -2.12. The molecule has 0 radical (unpaired) electrons. The van der Waals surface area contributed by atoms with E-state index in [1.807, 2.05) is 19.1 Å². The van der Waals surface area contributed by atoms with E-state index in [1.165, 1.54) is 20.5 Å². The van der Waals surface area contributed by atoms with Gasteiger partial charge in [-0.25, -0.2) is 4.79 Å². The minimum Gasteiger partial charge on any atom is -0.350 e. The van der Waals surface area contributed by atoms with Crippen LogP contribution in [0.1, 0.15) is 25.3 Å². The molecule has 0 bridgehead atoms. The van der Waals surface area contributed by atoms with Crippen LogP contribution in [0.4, 0.5) is 0 Å². The lowest BCUT2D eigenvalue weighted by molar-refractivity contribution is -0.121. The lowest BCUT2D eigenvalue weighted by atomic mass is 10.2. The van der Waals surface area contributed by atoms with Gasteiger partial charge in [-0.3, -0.25) is 18.7 Å². The SMILES string of the molecule is CCCCn1c(=O)c2sccc2n(CC(=O)NCc2ccc(Cl)cc2)c1=O. The van der Waals surface area contributed by atoms with Crippen molar-refractivity contribution < 1.29 is 4.79 Å². The molecular weight excluding hydrogens is 386 g/mol. The Morgan fingerprint density at radius 1 is 1.15 bits per heavy atom. The summed E-state index contributed by atoms with van der Waals surface area (Å²) in [5, 5.41) is 5.19. The Balaban J connectivity index is 1.84. The van der Waals surface area contributed by atoms with Crippen LogP contribution in [0.3, 0.4) is 0 Å². The van der Waals surface area contributed by atoms with E-state index in [0.29, 0.717) is 28.3 Å². The minimum absolute atomic E-state index is 0.133. The van der Waals surface area contributed by atoms with Gasteiger partial charge in [-0.15, -0.1) is 11.3 Å². The summed E-state index contributed by atoms with van der Waals surface area (Å²) in [6.45, 7) is 2.56. The molecule has 6 nitrogen and oxygen atoms in total. The van der Waals surface area contributed by atoms with Gasteiger partial charge in [0, 0.05) is 18.1 Å². The quantitative estimate of drug-likeness (QED) is 0.656. The van der Waals surface area contributed by atoms with Gasteiger partial charge in [-0.2, -0.15) is 0 Å². The second-order valence-electron chi connectivity index (χ2n) is 6.22. The maximum atomic E-state index is 12.8. The Bertz CT molecular complexity index is 1070. The van der Waals surface area contributed by atoms with E-state index in [1.54, 1.807) is 23.6 Å². The monoisotopic (exact) mass is 405 g/mol. The van der Waals surface area contributed by atoms with E-state index in [2.05, 4.69) is 5.32 Å². The number of benzene rings is 1. The van der Waals surface area contributed by atoms with Gasteiger partial charge in [0.25, 0.3) is 5.56 Å². The lowest BCUT2D eigenvalue weighted by Crippen LogP contribution is -2.42. The number of nitrogens with one attached hydrogen (secondary N) is 1. The standard InChI is InChI=1S/C19H20ClN3O3S/c1-2-3-9-22-18(25)17-15(8-10-27-17)23(19(22)26)12-16(24)21-11-13-4-6-14(20)7-5-13/h4-8,10H,2-3,9,11-12H2,1H3,(H,21,24). The number of fused-ring (bicyclic) bond motifs is 1. The van der Waals surface area contributed by atoms with E-state index in [0.717, 1.165) is 18.4 Å². The van der Waals surface area contributed by atoms with Crippen molar-refractivity contribution in [2.24, 2.45) is 0 Å². The fourth-order valence-electron chi connectivity index (χ4n) is 2.80. The van der Waals surface area contributed by atoms with Crippen LogP contribution in [0.15, 0.2) is 45.3 Å². The number of hydrogen-bond donors (Lipinski definition) is 1. The highest BCUT2D eigenvalue weighted by molar-refractivity contribution is 7.17. The zero-order chi connectivity index (χ0) is 19.4. The Labute approximate surface area is 165 Å². The zero-order valence-corrected chi connectivity index (χ0v) is 16.5. The van der Waals surface area contributed by atoms with Crippen molar-refractivity contribution in [2.45, 2.75) is 39.4 Å². The number of unbranched alkanes of at least 4 members (excludes halogenated alkanes) is 1. The Morgan fingerprint density at radius 3 is 2.59 bits per heavy atom. The summed E-state index contributed by atoms with van der Waals surface area (Å²) in [5.74, 6) is -0.291. The van der Waals surface area contributed by atoms with Crippen LogP contribution in [0, 0.1) is 0 Å². The first kappa shape index (κ1) is 19.4. The van der Waals surface area contributed by atoms with Gasteiger partial charge in [0.15, 0.2) is 0 Å². The van der Waals surface area contributed by atoms with Crippen LogP contribution >= 0.6 is 22.9 Å². The molecule has 1 N–H and O–H groups in total. The predicted octanol–water partition coefficient (Wildman–Crippen LogP) is 2.99. The van der Waals surface area contributed by atoms with E-state index >= 15 is 0 Å². The Kier molecular flexibility index (Phi) is 6.13. The van der Waals surface area contributed by atoms with Gasteiger partial charge in [0.1, 0.15) is 11.2 Å². The average molecular weight is 406 g/mol. The molecule has 0 spiro atoms. The maximum absolute atomic E-state index is 12.8. The maximum Gasteiger partial charge on any atom is 0.332 e. The van der Waals surface area contributed by atoms with Crippen molar-refractivity contribution in [3.8, 4) is 0 Å². The van der Waals surface area contributed by atoms with E-state index in [4.69, 9.17) is 11.6 Å².